The quantitative estimate of drug-likeness (QED) is 0.368. The van der Waals surface area contributed by atoms with Crippen LogP contribution >= 0.6 is 0 Å². The van der Waals surface area contributed by atoms with Crippen molar-refractivity contribution in [3.63, 3.8) is 0 Å². The third-order valence-corrected chi connectivity index (χ3v) is 3.16. The molecule has 0 amide bonds. The summed E-state index contributed by atoms with van der Waals surface area (Å²) in [7, 11) is 1.37. The topological polar surface area (TPSA) is 71.7 Å². The van der Waals surface area contributed by atoms with Gasteiger partial charge in [0.1, 0.15) is 5.75 Å². The molecule has 23 heavy (non-hydrogen) atoms. The lowest BCUT2D eigenvalue weighted by molar-refractivity contribution is -0.140. The van der Waals surface area contributed by atoms with E-state index < -0.39 is 0 Å². The Morgan fingerprint density at radius 3 is 2.43 bits per heavy atom. The lowest BCUT2D eigenvalue weighted by Gasteiger charge is -2.08. The maximum atomic E-state index is 11.2. The minimum absolute atomic E-state index is 0.234. The van der Waals surface area contributed by atoms with Gasteiger partial charge in [-0.1, -0.05) is 30.3 Å². The first-order valence-electron chi connectivity index (χ1n) is 7.08. The summed E-state index contributed by atoms with van der Waals surface area (Å²) in [5.41, 5.74) is 1.69. The van der Waals surface area contributed by atoms with Crippen molar-refractivity contribution in [2.45, 2.75) is 12.8 Å². The van der Waals surface area contributed by atoms with Gasteiger partial charge in [-0.25, -0.2) is 0 Å². The summed E-state index contributed by atoms with van der Waals surface area (Å²) in [6.45, 7) is 0. The minimum atomic E-state index is -0.242. The third kappa shape index (κ3) is 4.97. The summed E-state index contributed by atoms with van der Waals surface area (Å²) < 4.78 is 10.3. The number of benzene rings is 2. The molecule has 5 heteroatoms. The molecule has 0 N–H and O–H groups in total. The van der Waals surface area contributed by atoms with Crippen LogP contribution in [0.1, 0.15) is 17.5 Å². The van der Waals surface area contributed by atoms with Gasteiger partial charge < -0.3 is 9.47 Å². The molecule has 0 heterocycles. The average Bonchev–Trinajstić information content (AvgIpc) is 2.60. The maximum Gasteiger partial charge on any atom is 0.305 e. The third-order valence-electron chi connectivity index (χ3n) is 3.16. The molecule has 2 aromatic carbocycles. The van der Waals surface area contributed by atoms with Gasteiger partial charge in [-0.2, -0.15) is 5.26 Å². The second kappa shape index (κ2) is 8.35. The number of rotatable bonds is 5. The summed E-state index contributed by atoms with van der Waals surface area (Å²) in [5.74, 6) is 0.600. The molecular formula is C18H16N2O3. The van der Waals surface area contributed by atoms with Crippen molar-refractivity contribution in [2.24, 2.45) is 4.99 Å². The zero-order valence-corrected chi connectivity index (χ0v) is 12.7. The van der Waals surface area contributed by atoms with E-state index in [1.165, 1.54) is 7.11 Å². The molecule has 116 valence electrons. The summed E-state index contributed by atoms with van der Waals surface area (Å²) in [6, 6.07) is 16.5. The summed E-state index contributed by atoms with van der Waals surface area (Å²) >= 11 is 0. The number of hydrogen-bond donors (Lipinski definition) is 0. The largest absolute Gasteiger partial charge is 0.469 e. The van der Waals surface area contributed by atoms with Crippen LogP contribution in [0.25, 0.3) is 0 Å². The molecular weight excluding hydrogens is 292 g/mol. The average molecular weight is 308 g/mol. The van der Waals surface area contributed by atoms with Crippen LogP contribution in [0.3, 0.4) is 0 Å². The second-order valence-corrected chi connectivity index (χ2v) is 4.71. The van der Waals surface area contributed by atoms with Crippen molar-refractivity contribution >= 4 is 11.9 Å². The zero-order valence-electron chi connectivity index (χ0n) is 12.7. The molecule has 0 radical (unpaired) electrons. The van der Waals surface area contributed by atoms with Crippen LogP contribution in [-0.2, 0) is 16.0 Å². The monoisotopic (exact) mass is 308 g/mol. The molecule has 0 spiro atoms. The molecule has 0 unspecified atom stereocenters. The van der Waals surface area contributed by atoms with E-state index in [9.17, 15) is 4.79 Å². The molecule has 2 rings (SSSR count). The van der Waals surface area contributed by atoms with Crippen LogP contribution < -0.4 is 4.74 Å². The molecule has 0 fully saturated rings. The lowest BCUT2D eigenvalue weighted by Crippen LogP contribution is -2.10. The molecule has 0 aliphatic rings. The molecule has 2 aromatic rings. The maximum absolute atomic E-state index is 11.2. The molecule has 0 atom stereocenters. The van der Waals surface area contributed by atoms with Crippen LogP contribution in [0.4, 0.5) is 0 Å². The van der Waals surface area contributed by atoms with Crippen LogP contribution in [0, 0.1) is 11.5 Å². The first-order valence-corrected chi connectivity index (χ1v) is 7.08. The van der Waals surface area contributed by atoms with Gasteiger partial charge in [-0.3, -0.25) is 4.79 Å². The predicted molar refractivity (Wildman–Crippen MR) is 86.0 cm³/mol. The highest BCUT2D eigenvalue weighted by molar-refractivity contribution is 5.96. The highest BCUT2D eigenvalue weighted by Gasteiger charge is 2.08. The van der Waals surface area contributed by atoms with Gasteiger partial charge in [0.15, 0.2) is 0 Å². The fourth-order valence-corrected chi connectivity index (χ4v) is 1.95. The van der Waals surface area contributed by atoms with Gasteiger partial charge in [0, 0.05) is 12.0 Å². The molecule has 0 saturated heterocycles. The Morgan fingerprint density at radius 2 is 1.83 bits per heavy atom. The van der Waals surface area contributed by atoms with Gasteiger partial charge in [0.25, 0.3) is 0 Å². The SMILES string of the molecule is COC(=O)CCc1ccc(/C(=N/C#N)Oc2ccccc2)cc1. The van der Waals surface area contributed by atoms with Crippen molar-refractivity contribution in [2.75, 3.05) is 7.11 Å². The molecule has 0 aliphatic carbocycles. The Hall–Kier alpha value is -3.13. The van der Waals surface area contributed by atoms with E-state index in [1.54, 1.807) is 18.3 Å². The van der Waals surface area contributed by atoms with Crippen molar-refractivity contribution in [3.8, 4) is 11.9 Å². The number of nitrogens with zero attached hydrogens (tertiary/aromatic N) is 2. The van der Waals surface area contributed by atoms with Gasteiger partial charge >= 0.3 is 5.97 Å². The smallest absolute Gasteiger partial charge is 0.305 e. The van der Waals surface area contributed by atoms with E-state index in [-0.39, 0.29) is 11.9 Å². The van der Waals surface area contributed by atoms with E-state index in [0.29, 0.717) is 24.2 Å². The minimum Gasteiger partial charge on any atom is -0.469 e. The number of methoxy groups -OCH3 is 1. The van der Waals surface area contributed by atoms with Crippen molar-refractivity contribution in [3.05, 3.63) is 65.7 Å². The normalized spacial score (nSPS) is 10.7. The highest BCUT2D eigenvalue weighted by Crippen LogP contribution is 2.14. The van der Waals surface area contributed by atoms with Crippen molar-refractivity contribution in [1.82, 2.24) is 0 Å². The fourth-order valence-electron chi connectivity index (χ4n) is 1.95. The van der Waals surface area contributed by atoms with Gasteiger partial charge in [0.2, 0.25) is 12.1 Å². The Balaban J connectivity index is 2.10. The first kappa shape index (κ1) is 16.2. The van der Waals surface area contributed by atoms with E-state index in [1.807, 2.05) is 42.5 Å². The molecule has 0 saturated carbocycles. The lowest BCUT2D eigenvalue weighted by atomic mass is 10.1. The summed E-state index contributed by atoms with van der Waals surface area (Å²) in [6.07, 6.45) is 2.67. The standard InChI is InChI=1S/C18H16N2O3/c1-22-17(21)12-9-14-7-10-15(11-8-14)18(20-13-19)23-16-5-3-2-4-6-16/h2-8,10-11H,9,12H2,1H3/b20-18-. The van der Waals surface area contributed by atoms with E-state index in [2.05, 4.69) is 9.73 Å². The number of aliphatic imine (C=N–C) groups is 1. The number of para-hydroxylation sites is 1. The number of hydrogen-bond acceptors (Lipinski definition) is 5. The van der Waals surface area contributed by atoms with Crippen molar-refractivity contribution in [1.29, 1.82) is 5.26 Å². The van der Waals surface area contributed by atoms with Crippen molar-refractivity contribution < 1.29 is 14.3 Å². The van der Waals surface area contributed by atoms with Crippen LogP contribution in [0.2, 0.25) is 0 Å². The zero-order chi connectivity index (χ0) is 16.5. The second-order valence-electron chi connectivity index (χ2n) is 4.71. The highest BCUT2D eigenvalue weighted by atomic mass is 16.5. The Kier molecular flexibility index (Phi) is 5.89. The number of nitriles is 1. The summed E-state index contributed by atoms with van der Waals surface area (Å²) in [4.78, 5) is 14.9. The van der Waals surface area contributed by atoms with E-state index >= 15 is 0 Å². The van der Waals surface area contributed by atoms with Gasteiger partial charge in [-0.15, -0.1) is 4.99 Å². The number of carbonyl (C=O) groups excluding carboxylic acids is 1. The van der Waals surface area contributed by atoms with Gasteiger partial charge in [0.05, 0.1) is 7.11 Å². The van der Waals surface area contributed by atoms with Crippen LogP contribution in [-0.4, -0.2) is 19.0 Å². The number of aryl methyl sites for hydroxylation is 1. The number of esters is 1. The Morgan fingerprint density at radius 1 is 1.13 bits per heavy atom. The predicted octanol–water partition coefficient (Wildman–Crippen LogP) is 3.10. The number of ether oxygens (including phenoxy) is 2. The number of carbonyl (C=O) groups is 1. The first-order chi connectivity index (χ1) is 11.2. The van der Waals surface area contributed by atoms with E-state index in [0.717, 1.165) is 5.56 Å². The summed E-state index contributed by atoms with van der Waals surface area (Å²) in [5, 5.41) is 8.83. The molecule has 0 aliphatic heterocycles. The Labute approximate surface area is 134 Å². The molecule has 0 aromatic heterocycles. The van der Waals surface area contributed by atoms with Crippen LogP contribution in [0.15, 0.2) is 59.6 Å². The van der Waals surface area contributed by atoms with Gasteiger partial charge in [-0.05, 0) is 36.2 Å². The Bertz CT molecular complexity index is 716. The molecule has 0 bridgehead atoms. The van der Waals surface area contributed by atoms with Crippen LogP contribution in [0.5, 0.6) is 5.75 Å². The van der Waals surface area contributed by atoms with E-state index in [4.69, 9.17) is 10.00 Å². The molecule has 5 nitrogen and oxygen atoms in total. The fraction of sp³-hybridized carbons (Fsp3) is 0.167.